The van der Waals surface area contributed by atoms with Gasteiger partial charge in [0.05, 0.1) is 12.7 Å². The van der Waals surface area contributed by atoms with Crippen LogP contribution in [0.5, 0.6) is 0 Å². The standard InChI is InChI=1S/C15H25NO2S/c1-11-9-14(10-16-7-8-18-4)5-6-15(11)19-13(3)12(2)17/h5-6,9,12-13,16-17H,7-8,10H2,1-4H3. The molecule has 0 saturated heterocycles. The molecule has 0 heterocycles. The molecule has 1 rings (SSSR count). The van der Waals surface area contributed by atoms with E-state index in [1.807, 2.05) is 6.92 Å². The molecule has 0 aliphatic carbocycles. The van der Waals surface area contributed by atoms with Crippen LogP contribution >= 0.6 is 11.8 Å². The van der Waals surface area contributed by atoms with Crippen molar-refractivity contribution in [2.45, 2.75) is 43.6 Å². The lowest BCUT2D eigenvalue weighted by atomic mass is 10.1. The van der Waals surface area contributed by atoms with Gasteiger partial charge in [-0.1, -0.05) is 19.1 Å². The average Bonchev–Trinajstić information content (AvgIpc) is 2.37. The highest BCUT2D eigenvalue weighted by Gasteiger charge is 2.11. The first-order chi connectivity index (χ1) is 9.04. The minimum Gasteiger partial charge on any atom is -0.392 e. The van der Waals surface area contributed by atoms with E-state index in [2.05, 4.69) is 37.4 Å². The minimum absolute atomic E-state index is 0.212. The molecule has 0 bridgehead atoms. The van der Waals surface area contributed by atoms with Crippen LogP contribution in [0.25, 0.3) is 0 Å². The number of rotatable bonds is 8. The zero-order valence-electron chi connectivity index (χ0n) is 12.3. The Bertz CT molecular complexity index is 382. The lowest BCUT2D eigenvalue weighted by Crippen LogP contribution is -2.18. The number of ether oxygens (including phenoxy) is 1. The third kappa shape index (κ3) is 5.95. The first-order valence-corrected chi connectivity index (χ1v) is 7.56. The summed E-state index contributed by atoms with van der Waals surface area (Å²) in [5.41, 5.74) is 2.55. The number of benzene rings is 1. The van der Waals surface area contributed by atoms with Gasteiger partial charge in [0.15, 0.2) is 0 Å². The monoisotopic (exact) mass is 283 g/mol. The van der Waals surface area contributed by atoms with Gasteiger partial charge in [-0.15, -0.1) is 11.8 Å². The van der Waals surface area contributed by atoms with Crippen LogP contribution < -0.4 is 5.32 Å². The molecule has 1 aromatic carbocycles. The molecule has 19 heavy (non-hydrogen) atoms. The Balaban J connectivity index is 2.54. The van der Waals surface area contributed by atoms with Crippen LogP contribution in [0.4, 0.5) is 0 Å². The van der Waals surface area contributed by atoms with Crippen LogP contribution in [0.3, 0.4) is 0 Å². The molecule has 108 valence electrons. The zero-order valence-corrected chi connectivity index (χ0v) is 13.1. The van der Waals surface area contributed by atoms with Gasteiger partial charge in [0.2, 0.25) is 0 Å². The van der Waals surface area contributed by atoms with Gasteiger partial charge < -0.3 is 15.2 Å². The normalized spacial score (nSPS) is 14.4. The summed E-state index contributed by atoms with van der Waals surface area (Å²) in [7, 11) is 1.71. The van der Waals surface area contributed by atoms with E-state index in [-0.39, 0.29) is 11.4 Å². The van der Waals surface area contributed by atoms with Crippen LogP contribution in [0.15, 0.2) is 23.1 Å². The van der Waals surface area contributed by atoms with Crippen molar-refractivity contribution < 1.29 is 9.84 Å². The van der Waals surface area contributed by atoms with E-state index in [9.17, 15) is 5.11 Å². The molecule has 0 radical (unpaired) electrons. The highest BCUT2D eigenvalue weighted by Crippen LogP contribution is 2.28. The Labute approximate surface area is 120 Å². The van der Waals surface area contributed by atoms with E-state index in [1.165, 1.54) is 16.0 Å². The van der Waals surface area contributed by atoms with Crippen molar-refractivity contribution in [3.05, 3.63) is 29.3 Å². The number of hydrogen-bond acceptors (Lipinski definition) is 4. The largest absolute Gasteiger partial charge is 0.392 e. The van der Waals surface area contributed by atoms with Crippen molar-refractivity contribution in [3.8, 4) is 0 Å². The molecular weight excluding hydrogens is 258 g/mol. The lowest BCUT2D eigenvalue weighted by Gasteiger charge is -2.16. The predicted molar refractivity (Wildman–Crippen MR) is 81.8 cm³/mol. The van der Waals surface area contributed by atoms with Gasteiger partial charge in [0, 0.05) is 30.3 Å². The highest BCUT2D eigenvalue weighted by molar-refractivity contribution is 8.00. The molecule has 0 spiro atoms. The van der Waals surface area contributed by atoms with Gasteiger partial charge in [0.25, 0.3) is 0 Å². The summed E-state index contributed by atoms with van der Waals surface area (Å²) in [6, 6.07) is 6.49. The van der Waals surface area contributed by atoms with Crippen molar-refractivity contribution in [1.82, 2.24) is 5.32 Å². The predicted octanol–water partition coefficient (Wildman–Crippen LogP) is 2.59. The average molecular weight is 283 g/mol. The van der Waals surface area contributed by atoms with Gasteiger partial charge in [-0.05, 0) is 31.0 Å². The van der Waals surface area contributed by atoms with Crippen molar-refractivity contribution in [1.29, 1.82) is 0 Å². The first-order valence-electron chi connectivity index (χ1n) is 6.68. The minimum atomic E-state index is -0.292. The van der Waals surface area contributed by atoms with Gasteiger partial charge in [-0.3, -0.25) is 0 Å². The Morgan fingerprint density at radius 3 is 2.68 bits per heavy atom. The molecule has 4 heteroatoms. The fraction of sp³-hybridized carbons (Fsp3) is 0.600. The third-order valence-corrected chi connectivity index (χ3v) is 4.52. The smallest absolute Gasteiger partial charge is 0.0631 e. The first kappa shape index (κ1) is 16.5. The van der Waals surface area contributed by atoms with E-state index >= 15 is 0 Å². The Kier molecular flexibility index (Phi) is 7.46. The van der Waals surface area contributed by atoms with E-state index in [0.29, 0.717) is 0 Å². The quantitative estimate of drug-likeness (QED) is 0.568. The molecule has 2 N–H and O–H groups in total. The highest BCUT2D eigenvalue weighted by atomic mass is 32.2. The number of methoxy groups -OCH3 is 1. The number of aliphatic hydroxyl groups excluding tert-OH is 1. The van der Waals surface area contributed by atoms with Crippen LogP contribution in [-0.4, -0.2) is 36.7 Å². The van der Waals surface area contributed by atoms with Crippen LogP contribution in [0, 0.1) is 6.92 Å². The fourth-order valence-electron chi connectivity index (χ4n) is 1.66. The molecule has 0 aliphatic rings. The topological polar surface area (TPSA) is 41.5 Å². The molecule has 0 saturated carbocycles. The summed E-state index contributed by atoms with van der Waals surface area (Å²) in [5, 5.41) is 13.1. The van der Waals surface area contributed by atoms with Crippen molar-refractivity contribution >= 4 is 11.8 Å². The van der Waals surface area contributed by atoms with Gasteiger partial charge >= 0.3 is 0 Å². The van der Waals surface area contributed by atoms with Crippen LogP contribution in [0.2, 0.25) is 0 Å². The van der Waals surface area contributed by atoms with E-state index in [1.54, 1.807) is 18.9 Å². The zero-order chi connectivity index (χ0) is 14.3. The third-order valence-electron chi connectivity index (χ3n) is 3.04. The van der Waals surface area contributed by atoms with Crippen molar-refractivity contribution in [3.63, 3.8) is 0 Å². The molecule has 1 aromatic rings. The van der Waals surface area contributed by atoms with Crippen LogP contribution in [-0.2, 0) is 11.3 Å². The SMILES string of the molecule is COCCNCc1ccc(SC(C)C(C)O)c(C)c1. The maximum Gasteiger partial charge on any atom is 0.0631 e. The molecule has 2 atom stereocenters. The van der Waals surface area contributed by atoms with Gasteiger partial charge in [0.1, 0.15) is 0 Å². The Morgan fingerprint density at radius 1 is 1.37 bits per heavy atom. The molecule has 0 aromatic heterocycles. The van der Waals surface area contributed by atoms with Crippen molar-refractivity contribution in [2.75, 3.05) is 20.3 Å². The van der Waals surface area contributed by atoms with E-state index in [4.69, 9.17) is 4.74 Å². The van der Waals surface area contributed by atoms with Crippen LogP contribution in [0.1, 0.15) is 25.0 Å². The second kappa shape index (κ2) is 8.59. The summed E-state index contributed by atoms with van der Waals surface area (Å²) in [6.45, 7) is 8.47. The summed E-state index contributed by atoms with van der Waals surface area (Å²) in [5.74, 6) is 0. The number of aryl methyl sites for hydroxylation is 1. The summed E-state index contributed by atoms with van der Waals surface area (Å²) >= 11 is 1.73. The second-order valence-corrected chi connectivity index (χ2v) is 6.25. The fourth-order valence-corrected chi connectivity index (χ4v) is 2.65. The summed E-state index contributed by atoms with van der Waals surface area (Å²) < 4.78 is 5.00. The molecular formula is C15H25NO2S. The maximum absolute atomic E-state index is 9.55. The Morgan fingerprint density at radius 2 is 2.11 bits per heavy atom. The number of nitrogens with one attached hydrogen (secondary N) is 1. The molecule has 0 amide bonds. The lowest BCUT2D eigenvalue weighted by molar-refractivity contribution is 0.196. The number of thioether (sulfide) groups is 1. The Hall–Kier alpha value is -0.550. The van der Waals surface area contributed by atoms with Gasteiger partial charge in [-0.2, -0.15) is 0 Å². The van der Waals surface area contributed by atoms with Gasteiger partial charge in [-0.25, -0.2) is 0 Å². The molecule has 0 aliphatic heterocycles. The molecule has 0 fully saturated rings. The number of aliphatic hydroxyl groups is 1. The molecule has 3 nitrogen and oxygen atoms in total. The summed E-state index contributed by atoms with van der Waals surface area (Å²) in [4.78, 5) is 1.24. The van der Waals surface area contributed by atoms with E-state index in [0.717, 1.165) is 19.7 Å². The molecule has 2 unspecified atom stereocenters. The summed E-state index contributed by atoms with van der Waals surface area (Å²) in [6.07, 6.45) is -0.292. The van der Waals surface area contributed by atoms with E-state index < -0.39 is 0 Å². The maximum atomic E-state index is 9.55. The van der Waals surface area contributed by atoms with Crippen molar-refractivity contribution in [2.24, 2.45) is 0 Å². The number of hydrogen-bond donors (Lipinski definition) is 2. The second-order valence-electron chi connectivity index (χ2n) is 4.83.